The number of furan rings is 1. The van der Waals surface area contributed by atoms with Crippen LogP contribution in [0.2, 0.25) is 0 Å². The van der Waals surface area contributed by atoms with E-state index < -0.39 is 10.0 Å². The SMILES string of the molecule is CCc1cccc(NS(=O)(=O)c2cc(-c3ccno3)oc2C)c1. The van der Waals surface area contributed by atoms with Gasteiger partial charge in [0.2, 0.25) is 5.76 Å². The van der Waals surface area contributed by atoms with E-state index in [0.717, 1.165) is 12.0 Å². The third-order valence-corrected chi connectivity index (χ3v) is 4.92. The summed E-state index contributed by atoms with van der Waals surface area (Å²) < 4.78 is 38.2. The maximum atomic E-state index is 12.6. The molecule has 2 aromatic heterocycles. The summed E-state index contributed by atoms with van der Waals surface area (Å²) in [5.41, 5.74) is 1.57. The number of aryl methyl sites for hydroxylation is 2. The van der Waals surface area contributed by atoms with Crippen molar-refractivity contribution in [2.45, 2.75) is 25.2 Å². The molecule has 3 rings (SSSR count). The first-order valence-corrected chi connectivity index (χ1v) is 8.61. The van der Waals surface area contributed by atoms with Crippen LogP contribution in [0.4, 0.5) is 5.69 Å². The zero-order valence-corrected chi connectivity index (χ0v) is 13.6. The van der Waals surface area contributed by atoms with Crippen molar-refractivity contribution in [2.24, 2.45) is 0 Å². The first-order chi connectivity index (χ1) is 11.0. The van der Waals surface area contributed by atoms with Gasteiger partial charge in [0.25, 0.3) is 10.0 Å². The molecule has 0 saturated heterocycles. The van der Waals surface area contributed by atoms with Crippen molar-refractivity contribution >= 4 is 15.7 Å². The van der Waals surface area contributed by atoms with Crippen molar-refractivity contribution < 1.29 is 17.4 Å². The Morgan fingerprint density at radius 1 is 1.17 bits per heavy atom. The van der Waals surface area contributed by atoms with Crippen molar-refractivity contribution in [2.75, 3.05) is 4.72 Å². The third-order valence-electron chi connectivity index (χ3n) is 3.43. The Kier molecular flexibility index (Phi) is 3.96. The van der Waals surface area contributed by atoms with Crippen LogP contribution in [-0.2, 0) is 16.4 Å². The van der Waals surface area contributed by atoms with Crippen molar-refractivity contribution in [1.82, 2.24) is 5.16 Å². The van der Waals surface area contributed by atoms with Crippen LogP contribution >= 0.6 is 0 Å². The van der Waals surface area contributed by atoms with Gasteiger partial charge in [0, 0.05) is 17.8 Å². The average molecular weight is 332 g/mol. The van der Waals surface area contributed by atoms with Gasteiger partial charge in [-0.15, -0.1) is 0 Å². The molecule has 0 aliphatic heterocycles. The summed E-state index contributed by atoms with van der Waals surface area (Å²) in [6, 6.07) is 10.3. The molecule has 23 heavy (non-hydrogen) atoms. The number of sulfonamides is 1. The molecular weight excluding hydrogens is 316 g/mol. The van der Waals surface area contributed by atoms with Crippen LogP contribution in [0.5, 0.6) is 0 Å². The predicted molar refractivity (Wildman–Crippen MR) is 85.6 cm³/mol. The maximum Gasteiger partial charge on any atom is 0.265 e. The second kappa shape index (κ2) is 5.92. The Balaban J connectivity index is 1.93. The van der Waals surface area contributed by atoms with Gasteiger partial charge in [-0.05, 0) is 31.0 Å². The molecule has 0 radical (unpaired) electrons. The van der Waals surface area contributed by atoms with Gasteiger partial charge in [0.15, 0.2) is 5.76 Å². The average Bonchev–Trinajstić information content (AvgIpc) is 3.16. The van der Waals surface area contributed by atoms with Gasteiger partial charge in [-0.25, -0.2) is 8.42 Å². The minimum Gasteiger partial charge on any atom is -0.456 e. The monoisotopic (exact) mass is 332 g/mol. The fourth-order valence-corrected chi connectivity index (χ4v) is 3.49. The highest BCUT2D eigenvalue weighted by Gasteiger charge is 2.23. The summed E-state index contributed by atoms with van der Waals surface area (Å²) >= 11 is 0. The molecule has 0 unspecified atom stereocenters. The first kappa shape index (κ1) is 15.4. The lowest BCUT2D eigenvalue weighted by Gasteiger charge is -2.08. The number of hydrogen-bond acceptors (Lipinski definition) is 5. The molecule has 1 N–H and O–H groups in total. The predicted octanol–water partition coefficient (Wildman–Crippen LogP) is 3.61. The molecule has 6 nitrogen and oxygen atoms in total. The minimum absolute atomic E-state index is 0.0748. The fraction of sp³-hybridized carbons (Fsp3) is 0.188. The van der Waals surface area contributed by atoms with Crippen LogP contribution in [0.15, 0.2) is 56.4 Å². The van der Waals surface area contributed by atoms with E-state index in [1.54, 1.807) is 19.1 Å². The van der Waals surface area contributed by atoms with Crippen molar-refractivity contribution in [3.63, 3.8) is 0 Å². The number of anilines is 1. The van der Waals surface area contributed by atoms with Crippen LogP contribution in [-0.4, -0.2) is 13.6 Å². The molecule has 7 heteroatoms. The maximum absolute atomic E-state index is 12.6. The highest BCUT2D eigenvalue weighted by atomic mass is 32.2. The lowest BCUT2D eigenvalue weighted by Crippen LogP contribution is -2.13. The number of rotatable bonds is 5. The number of hydrogen-bond donors (Lipinski definition) is 1. The van der Waals surface area contributed by atoms with Gasteiger partial charge < -0.3 is 8.94 Å². The highest BCUT2D eigenvalue weighted by molar-refractivity contribution is 7.92. The van der Waals surface area contributed by atoms with Crippen molar-refractivity contribution in [3.8, 4) is 11.5 Å². The van der Waals surface area contributed by atoms with E-state index in [4.69, 9.17) is 8.94 Å². The number of benzene rings is 1. The second-order valence-corrected chi connectivity index (χ2v) is 6.72. The largest absolute Gasteiger partial charge is 0.456 e. The molecule has 0 atom stereocenters. The molecule has 0 bridgehead atoms. The van der Waals surface area contributed by atoms with Crippen LogP contribution in [0, 0.1) is 6.92 Å². The van der Waals surface area contributed by atoms with Crippen LogP contribution in [0.1, 0.15) is 18.2 Å². The van der Waals surface area contributed by atoms with Gasteiger partial charge in [-0.3, -0.25) is 4.72 Å². The second-order valence-electron chi connectivity index (χ2n) is 5.07. The molecule has 120 valence electrons. The van der Waals surface area contributed by atoms with Gasteiger partial charge in [0.05, 0.1) is 6.20 Å². The molecule has 0 aliphatic rings. The van der Waals surface area contributed by atoms with E-state index in [1.165, 1.54) is 12.3 Å². The topological polar surface area (TPSA) is 85.3 Å². The van der Waals surface area contributed by atoms with E-state index in [2.05, 4.69) is 9.88 Å². The van der Waals surface area contributed by atoms with E-state index >= 15 is 0 Å². The van der Waals surface area contributed by atoms with Gasteiger partial charge >= 0.3 is 0 Å². The summed E-state index contributed by atoms with van der Waals surface area (Å²) in [6.07, 6.45) is 2.30. The van der Waals surface area contributed by atoms with Crippen LogP contribution in [0.25, 0.3) is 11.5 Å². The Bertz CT molecular complexity index is 911. The summed E-state index contributed by atoms with van der Waals surface area (Å²) in [5, 5.41) is 3.59. The minimum atomic E-state index is -3.75. The fourth-order valence-electron chi connectivity index (χ4n) is 2.26. The highest BCUT2D eigenvalue weighted by Crippen LogP contribution is 2.29. The van der Waals surface area contributed by atoms with Gasteiger partial charge in [0.1, 0.15) is 10.7 Å². The van der Waals surface area contributed by atoms with Gasteiger partial charge in [-0.2, -0.15) is 0 Å². The van der Waals surface area contributed by atoms with E-state index in [1.807, 2.05) is 25.1 Å². The molecule has 0 fully saturated rings. The molecule has 1 aromatic carbocycles. The third kappa shape index (κ3) is 3.14. The molecule has 0 saturated carbocycles. The lowest BCUT2D eigenvalue weighted by molar-refractivity contribution is 0.414. The Labute approximate surface area is 134 Å². The molecule has 0 spiro atoms. The zero-order chi connectivity index (χ0) is 16.4. The quantitative estimate of drug-likeness (QED) is 0.771. The molecule has 0 aliphatic carbocycles. The molecule has 3 aromatic rings. The summed E-state index contributed by atoms with van der Waals surface area (Å²) in [6.45, 7) is 3.61. The summed E-state index contributed by atoms with van der Waals surface area (Å²) in [5.74, 6) is 0.987. The van der Waals surface area contributed by atoms with Gasteiger partial charge in [-0.1, -0.05) is 24.2 Å². The number of nitrogens with one attached hydrogen (secondary N) is 1. The van der Waals surface area contributed by atoms with Crippen LogP contribution < -0.4 is 4.72 Å². The zero-order valence-electron chi connectivity index (χ0n) is 12.7. The number of nitrogens with zero attached hydrogens (tertiary/aromatic N) is 1. The number of aromatic nitrogens is 1. The Morgan fingerprint density at radius 3 is 2.70 bits per heavy atom. The smallest absolute Gasteiger partial charge is 0.265 e. The summed E-state index contributed by atoms with van der Waals surface area (Å²) in [7, 11) is -3.75. The van der Waals surface area contributed by atoms with Crippen LogP contribution in [0.3, 0.4) is 0 Å². The van der Waals surface area contributed by atoms with Crippen molar-refractivity contribution in [1.29, 1.82) is 0 Å². The Hall–Kier alpha value is -2.54. The van der Waals surface area contributed by atoms with E-state index in [9.17, 15) is 8.42 Å². The normalized spacial score (nSPS) is 11.6. The first-order valence-electron chi connectivity index (χ1n) is 7.13. The molecule has 0 amide bonds. The van der Waals surface area contributed by atoms with E-state index in [-0.39, 0.29) is 10.7 Å². The summed E-state index contributed by atoms with van der Waals surface area (Å²) in [4.78, 5) is 0.0748. The standard InChI is InChI=1S/C16H16N2O4S/c1-3-12-5-4-6-13(9-12)18-23(19,20)16-10-15(21-11(16)2)14-7-8-17-22-14/h4-10,18H,3H2,1-2H3. The lowest BCUT2D eigenvalue weighted by atomic mass is 10.1. The van der Waals surface area contributed by atoms with Crippen molar-refractivity contribution in [3.05, 3.63) is 53.9 Å². The molecular formula is C16H16N2O4S. The van der Waals surface area contributed by atoms with E-state index in [0.29, 0.717) is 17.2 Å². The Morgan fingerprint density at radius 2 is 2.00 bits per heavy atom. The molecule has 2 heterocycles.